The van der Waals surface area contributed by atoms with Gasteiger partial charge in [0.05, 0.1) is 7.11 Å². The summed E-state index contributed by atoms with van der Waals surface area (Å²) in [6.45, 7) is 0. The van der Waals surface area contributed by atoms with Gasteiger partial charge < -0.3 is 20.1 Å². The summed E-state index contributed by atoms with van der Waals surface area (Å²) >= 11 is 0. The fourth-order valence-electron chi connectivity index (χ4n) is 2.99. The third-order valence-corrected chi connectivity index (χ3v) is 4.36. The summed E-state index contributed by atoms with van der Waals surface area (Å²) in [5, 5.41) is 28.7. The molecule has 2 aromatic rings. The van der Waals surface area contributed by atoms with Crippen LogP contribution >= 0.6 is 0 Å². The molecule has 0 amide bonds. The predicted molar refractivity (Wildman–Crippen MR) is 99.2 cm³/mol. The highest BCUT2D eigenvalue weighted by Gasteiger charge is 2.20. The smallest absolute Gasteiger partial charge is 0.185 e. The van der Waals surface area contributed by atoms with Crippen LogP contribution in [0.3, 0.4) is 0 Å². The first kappa shape index (κ1) is 17.6. The number of carbonyl (C=O) groups is 1. The first-order chi connectivity index (χ1) is 12.5. The van der Waals surface area contributed by atoms with E-state index in [2.05, 4.69) is 0 Å². The number of phenols is 3. The molecule has 5 nitrogen and oxygen atoms in total. The van der Waals surface area contributed by atoms with E-state index in [4.69, 9.17) is 4.74 Å². The molecule has 1 saturated carbocycles. The van der Waals surface area contributed by atoms with Crippen molar-refractivity contribution in [2.75, 3.05) is 7.11 Å². The van der Waals surface area contributed by atoms with E-state index < -0.39 is 0 Å². The Morgan fingerprint density at radius 2 is 1.42 bits per heavy atom. The third-order valence-electron chi connectivity index (χ3n) is 4.36. The van der Waals surface area contributed by atoms with Crippen LogP contribution in [0.1, 0.15) is 30.4 Å². The predicted octanol–water partition coefficient (Wildman–Crippen LogP) is 4.03. The first-order valence-electron chi connectivity index (χ1n) is 8.33. The minimum absolute atomic E-state index is 0.0316. The molecule has 0 unspecified atom stereocenters. The highest BCUT2D eigenvalue weighted by Crippen LogP contribution is 2.32. The molecule has 0 spiro atoms. The number of benzene rings is 2. The molecule has 0 saturated heterocycles. The van der Waals surface area contributed by atoms with Crippen molar-refractivity contribution in [1.29, 1.82) is 0 Å². The Hall–Kier alpha value is -3.21. The van der Waals surface area contributed by atoms with Crippen molar-refractivity contribution in [2.24, 2.45) is 0 Å². The molecular weight excluding hydrogens is 332 g/mol. The fraction of sp³-hybridized carbons (Fsp3) is 0.190. The van der Waals surface area contributed by atoms with Crippen LogP contribution in [0.5, 0.6) is 23.0 Å². The van der Waals surface area contributed by atoms with E-state index in [1.54, 1.807) is 24.3 Å². The van der Waals surface area contributed by atoms with Crippen molar-refractivity contribution in [3.63, 3.8) is 0 Å². The van der Waals surface area contributed by atoms with Crippen molar-refractivity contribution in [3.8, 4) is 23.0 Å². The SMILES string of the molecule is COc1cc(/C=C2\CCC/C(=C\c3ccc(O)c(O)c3)C2=O)ccc1O. The van der Waals surface area contributed by atoms with Gasteiger partial charge in [0.15, 0.2) is 28.8 Å². The van der Waals surface area contributed by atoms with Crippen molar-refractivity contribution in [3.05, 3.63) is 58.7 Å². The summed E-state index contributed by atoms with van der Waals surface area (Å²) < 4.78 is 5.10. The van der Waals surface area contributed by atoms with Crippen LogP contribution in [0, 0.1) is 0 Å². The summed E-state index contributed by atoms with van der Waals surface area (Å²) in [4.78, 5) is 12.8. The maximum atomic E-state index is 12.8. The van der Waals surface area contributed by atoms with Crippen LogP contribution in [-0.4, -0.2) is 28.2 Å². The van der Waals surface area contributed by atoms with Crippen LogP contribution in [0.25, 0.3) is 12.2 Å². The van der Waals surface area contributed by atoms with E-state index in [9.17, 15) is 20.1 Å². The number of hydrogen-bond acceptors (Lipinski definition) is 5. The third kappa shape index (κ3) is 3.72. The van der Waals surface area contributed by atoms with Gasteiger partial charge in [0.1, 0.15) is 0 Å². The standard InChI is InChI=1S/C21H20O5/c1-26-20-12-14(6-8-18(20)23)10-16-4-2-3-15(21(16)25)9-13-5-7-17(22)19(24)11-13/h5-12,22-24H,2-4H2,1H3/b15-9+,16-10+. The molecule has 1 fully saturated rings. The number of ether oxygens (including phenoxy) is 1. The molecule has 1 aliphatic rings. The van der Waals surface area contributed by atoms with Gasteiger partial charge in [-0.3, -0.25) is 4.79 Å². The average molecular weight is 352 g/mol. The average Bonchev–Trinajstić information content (AvgIpc) is 2.63. The zero-order valence-electron chi connectivity index (χ0n) is 14.4. The lowest BCUT2D eigenvalue weighted by Crippen LogP contribution is -2.12. The molecule has 0 radical (unpaired) electrons. The second-order valence-corrected chi connectivity index (χ2v) is 6.20. The summed E-state index contributed by atoms with van der Waals surface area (Å²) in [6, 6.07) is 9.43. The number of methoxy groups -OCH3 is 1. The topological polar surface area (TPSA) is 87.0 Å². The molecule has 2 aromatic carbocycles. The monoisotopic (exact) mass is 352 g/mol. The van der Waals surface area contributed by atoms with Gasteiger partial charge in [0, 0.05) is 11.1 Å². The molecule has 5 heteroatoms. The molecule has 0 atom stereocenters. The zero-order valence-corrected chi connectivity index (χ0v) is 14.4. The Balaban J connectivity index is 1.89. The molecule has 0 aliphatic heterocycles. The van der Waals surface area contributed by atoms with Crippen molar-refractivity contribution in [1.82, 2.24) is 0 Å². The Bertz CT molecular complexity index is 909. The van der Waals surface area contributed by atoms with Gasteiger partial charge in [-0.05, 0) is 66.8 Å². The molecule has 0 heterocycles. The first-order valence-corrected chi connectivity index (χ1v) is 8.33. The Kier molecular flexibility index (Phi) is 4.98. The zero-order chi connectivity index (χ0) is 18.7. The second-order valence-electron chi connectivity index (χ2n) is 6.20. The second kappa shape index (κ2) is 7.35. The maximum absolute atomic E-state index is 12.8. The molecule has 1 aliphatic carbocycles. The molecule has 134 valence electrons. The van der Waals surface area contributed by atoms with E-state index in [-0.39, 0.29) is 23.0 Å². The van der Waals surface area contributed by atoms with Crippen LogP contribution in [-0.2, 0) is 4.79 Å². The summed E-state index contributed by atoms with van der Waals surface area (Å²) in [7, 11) is 1.48. The minimum Gasteiger partial charge on any atom is -0.504 e. The number of phenolic OH excluding ortho intramolecular Hbond substituents is 3. The number of hydrogen-bond donors (Lipinski definition) is 3. The maximum Gasteiger partial charge on any atom is 0.185 e. The Labute approximate surface area is 151 Å². The van der Waals surface area contributed by atoms with Gasteiger partial charge in [-0.2, -0.15) is 0 Å². The lowest BCUT2D eigenvalue weighted by molar-refractivity contribution is -0.112. The molecule has 0 bridgehead atoms. The molecule has 3 rings (SSSR count). The van der Waals surface area contributed by atoms with Gasteiger partial charge in [-0.25, -0.2) is 0 Å². The van der Waals surface area contributed by atoms with E-state index in [0.717, 1.165) is 12.0 Å². The van der Waals surface area contributed by atoms with E-state index in [1.165, 1.54) is 25.3 Å². The van der Waals surface area contributed by atoms with Gasteiger partial charge in [0.2, 0.25) is 0 Å². The van der Waals surface area contributed by atoms with Gasteiger partial charge in [-0.15, -0.1) is 0 Å². The molecule has 0 aromatic heterocycles. The summed E-state index contributed by atoms with van der Waals surface area (Å²) in [5.74, 6) is -0.0234. The van der Waals surface area contributed by atoms with Crippen molar-refractivity contribution in [2.45, 2.75) is 19.3 Å². The largest absolute Gasteiger partial charge is 0.504 e. The lowest BCUT2D eigenvalue weighted by atomic mass is 9.87. The van der Waals surface area contributed by atoms with Crippen LogP contribution in [0.2, 0.25) is 0 Å². The fourth-order valence-corrected chi connectivity index (χ4v) is 2.99. The Morgan fingerprint density at radius 3 is 2.00 bits per heavy atom. The quantitative estimate of drug-likeness (QED) is 0.573. The molecule has 26 heavy (non-hydrogen) atoms. The van der Waals surface area contributed by atoms with Gasteiger partial charge in [0.25, 0.3) is 0 Å². The highest BCUT2D eigenvalue weighted by molar-refractivity contribution is 6.14. The normalized spacial score (nSPS) is 17.7. The van der Waals surface area contributed by atoms with E-state index in [1.807, 2.05) is 6.08 Å². The van der Waals surface area contributed by atoms with E-state index >= 15 is 0 Å². The Morgan fingerprint density at radius 1 is 0.846 bits per heavy atom. The number of rotatable bonds is 3. The number of aromatic hydroxyl groups is 3. The van der Waals surface area contributed by atoms with Crippen LogP contribution in [0.4, 0.5) is 0 Å². The van der Waals surface area contributed by atoms with Crippen molar-refractivity contribution >= 4 is 17.9 Å². The molecular formula is C21H20O5. The minimum atomic E-state index is -0.213. The number of Topliss-reactive ketones (excluding diaryl/α,β-unsaturated/α-hetero) is 1. The lowest BCUT2D eigenvalue weighted by Gasteiger charge is -2.17. The van der Waals surface area contributed by atoms with Crippen LogP contribution in [0.15, 0.2) is 47.5 Å². The number of allylic oxidation sites excluding steroid dienone is 2. The van der Waals surface area contributed by atoms with Crippen molar-refractivity contribution < 1.29 is 24.9 Å². The number of carbonyl (C=O) groups excluding carboxylic acids is 1. The van der Waals surface area contributed by atoms with E-state index in [0.29, 0.717) is 35.3 Å². The van der Waals surface area contributed by atoms with Gasteiger partial charge in [-0.1, -0.05) is 12.1 Å². The molecule has 3 N–H and O–H groups in total. The van der Waals surface area contributed by atoms with Crippen LogP contribution < -0.4 is 4.74 Å². The van der Waals surface area contributed by atoms with Gasteiger partial charge >= 0.3 is 0 Å². The summed E-state index contributed by atoms with van der Waals surface area (Å²) in [5.41, 5.74) is 2.80. The highest BCUT2D eigenvalue weighted by atomic mass is 16.5. The number of ketones is 1. The summed E-state index contributed by atoms with van der Waals surface area (Å²) in [6.07, 6.45) is 5.75.